The van der Waals surface area contributed by atoms with Crippen molar-refractivity contribution in [3.8, 4) is 0 Å². The van der Waals surface area contributed by atoms with Gasteiger partial charge in [-0.05, 0) is 25.8 Å². The molecule has 3 N–H and O–H groups in total. The maximum Gasteiger partial charge on any atom is 0.264 e. The molecule has 2 unspecified atom stereocenters. The Balaban J connectivity index is 2.34. The molecule has 0 bridgehead atoms. The molecule has 5 heteroatoms. The van der Waals surface area contributed by atoms with E-state index in [4.69, 9.17) is 5.73 Å². The van der Waals surface area contributed by atoms with Crippen LogP contribution in [0.2, 0.25) is 0 Å². The molecule has 0 saturated heterocycles. The summed E-state index contributed by atoms with van der Waals surface area (Å²) in [6.45, 7) is 5.57. The number of amidine groups is 1. The Bertz CT molecular complexity index is 573. The fourth-order valence-electron chi connectivity index (χ4n) is 1.99. The number of benzene rings is 1. The Hall–Kier alpha value is -2.01. The maximum absolute atomic E-state index is 12.2. The third kappa shape index (κ3) is 2.63. The highest BCUT2D eigenvalue weighted by atomic mass is 16.2. The van der Waals surface area contributed by atoms with Crippen LogP contribution in [0.5, 0.6) is 0 Å². The molecule has 1 heterocycles. The number of rotatable bonds is 3. The Labute approximate surface area is 118 Å². The molecule has 2 amide bonds. The Kier molecular flexibility index (Phi) is 3.72. The second-order valence-corrected chi connectivity index (χ2v) is 5.40. The molecule has 1 aromatic rings. The van der Waals surface area contributed by atoms with E-state index in [-0.39, 0.29) is 11.7 Å². The Morgan fingerprint density at radius 3 is 2.40 bits per heavy atom. The quantitative estimate of drug-likeness (QED) is 0.813. The van der Waals surface area contributed by atoms with Crippen LogP contribution in [0.4, 0.5) is 0 Å². The fourth-order valence-corrected chi connectivity index (χ4v) is 1.99. The van der Waals surface area contributed by atoms with Gasteiger partial charge in [0.25, 0.3) is 5.91 Å². The predicted molar refractivity (Wildman–Crippen MR) is 77.4 cm³/mol. The first-order valence-corrected chi connectivity index (χ1v) is 6.64. The van der Waals surface area contributed by atoms with E-state index in [0.717, 1.165) is 5.56 Å². The van der Waals surface area contributed by atoms with Crippen LogP contribution >= 0.6 is 0 Å². The van der Waals surface area contributed by atoms with Gasteiger partial charge in [-0.25, -0.2) is 0 Å². The van der Waals surface area contributed by atoms with Crippen molar-refractivity contribution >= 4 is 17.6 Å². The van der Waals surface area contributed by atoms with E-state index in [1.807, 2.05) is 26.0 Å². The molecule has 0 aliphatic carbocycles. The number of nitrogens with zero attached hydrogens (tertiary/aromatic N) is 1. The summed E-state index contributed by atoms with van der Waals surface area (Å²) in [6.07, 6.45) is 0.578. The van der Waals surface area contributed by atoms with Crippen LogP contribution in [-0.4, -0.2) is 23.2 Å². The smallest absolute Gasteiger partial charge is 0.264 e. The summed E-state index contributed by atoms with van der Waals surface area (Å²) in [5, 5.41) is 2.67. The molecule has 0 aromatic heterocycles. The third-order valence-corrected chi connectivity index (χ3v) is 3.66. The molecule has 1 aliphatic rings. The molecular weight excluding hydrogens is 254 g/mol. The van der Waals surface area contributed by atoms with E-state index >= 15 is 0 Å². The minimum Gasteiger partial charge on any atom is -0.319 e. The van der Waals surface area contributed by atoms with Gasteiger partial charge in [0.2, 0.25) is 5.91 Å². The van der Waals surface area contributed by atoms with E-state index in [2.05, 4.69) is 10.3 Å². The number of carbonyl (C=O) groups is 2. The molecule has 0 saturated carbocycles. The number of aryl methyl sites for hydroxylation is 1. The molecule has 106 valence electrons. The van der Waals surface area contributed by atoms with E-state index in [1.165, 1.54) is 0 Å². The van der Waals surface area contributed by atoms with Gasteiger partial charge in [0.15, 0.2) is 0 Å². The normalized spacial score (nSPS) is 22.0. The average Bonchev–Trinajstić information content (AvgIpc) is 2.40. The highest BCUT2D eigenvalue weighted by Gasteiger charge is 2.37. The molecular formula is C15H19N3O2. The van der Waals surface area contributed by atoms with Gasteiger partial charge < -0.3 is 11.1 Å². The van der Waals surface area contributed by atoms with E-state index in [9.17, 15) is 9.59 Å². The summed E-state index contributed by atoms with van der Waals surface area (Å²) in [6, 6.07) is 7.29. The number of nitrogens with two attached hydrogens (primary N) is 1. The molecule has 1 aromatic carbocycles. The number of carbonyl (C=O) groups excluding carboxylic acids is 2. The lowest BCUT2D eigenvalue weighted by Gasteiger charge is -2.29. The number of nitrogens with one attached hydrogen (secondary N) is 1. The van der Waals surface area contributed by atoms with Crippen LogP contribution in [0.15, 0.2) is 29.3 Å². The number of amides is 2. The molecule has 0 fully saturated rings. The minimum atomic E-state index is -0.882. The molecule has 2 atom stereocenters. The molecule has 0 spiro atoms. The zero-order valence-electron chi connectivity index (χ0n) is 11.9. The number of hydrogen-bond acceptors (Lipinski definition) is 3. The Morgan fingerprint density at radius 2 is 1.90 bits per heavy atom. The van der Waals surface area contributed by atoms with Crippen molar-refractivity contribution in [2.75, 3.05) is 0 Å². The van der Waals surface area contributed by atoms with Gasteiger partial charge in [0.05, 0.1) is 5.54 Å². The predicted octanol–water partition coefficient (Wildman–Crippen LogP) is 1.26. The second-order valence-electron chi connectivity index (χ2n) is 5.40. The van der Waals surface area contributed by atoms with Crippen molar-refractivity contribution in [3.05, 3.63) is 35.4 Å². The molecule has 20 heavy (non-hydrogen) atoms. The summed E-state index contributed by atoms with van der Waals surface area (Å²) < 4.78 is 0. The summed E-state index contributed by atoms with van der Waals surface area (Å²) in [7, 11) is 0. The largest absolute Gasteiger partial charge is 0.319 e. The van der Waals surface area contributed by atoms with Crippen LogP contribution in [0.1, 0.15) is 37.3 Å². The first kappa shape index (κ1) is 14.4. The summed E-state index contributed by atoms with van der Waals surface area (Å²) in [4.78, 5) is 28.3. The summed E-state index contributed by atoms with van der Waals surface area (Å²) in [5.74, 6) is -1.46. The lowest BCUT2D eigenvalue weighted by Crippen LogP contribution is -2.56. The minimum absolute atomic E-state index is 0.248. The summed E-state index contributed by atoms with van der Waals surface area (Å²) in [5.41, 5.74) is 6.94. The van der Waals surface area contributed by atoms with Gasteiger partial charge in [0.1, 0.15) is 11.8 Å². The zero-order valence-corrected chi connectivity index (χ0v) is 11.9. The van der Waals surface area contributed by atoms with Gasteiger partial charge in [-0.15, -0.1) is 0 Å². The molecule has 2 rings (SSSR count). The zero-order chi connectivity index (χ0) is 14.9. The topological polar surface area (TPSA) is 84.5 Å². The van der Waals surface area contributed by atoms with Gasteiger partial charge >= 0.3 is 0 Å². The van der Waals surface area contributed by atoms with E-state index in [0.29, 0.717) is 12.0 Å². The van der Waals surface area contributed by atoms with Gasteiger partial charge in [-0.1, -0.05) is 36.8 Å². The first-order valence-electron chi connectivity index (χ1n) is 6.64. The van der Waals surface area contributed by atoms with Crippen molar-refractivity contribution in [1.82, 2.24) is 5.32 Å². The van der Waals surface area contributed by atoms with Crippen molar-refractivity contribution in [2.24, 2.45) is 10.7 Å². The molecule has 0 radical (unpaired) electrons. The fraction of sp³-hybridized carbons (Fsp3) is 0.400. The molecule has 1 aliphatic heterocycles. The number of hydrogen-bond donors (Lipinski definition) is 2. The van der Waals surface area contributed by atoms with Crippen LogP contribution in [-0.2, 0) is 9.59 Å². The monoisotopic (exact) mass is 273 g/mol. The van der Waals surface area contributed by atoms with Crippen LogP contribution in [0.3, 0.4) is 0 Å². The van der Waals surface area contributed by atoms with Crippen molar-refractivity contribution in [1.29, 1.82) is 0 Å². The lowest BCUT2D eigenvalue weighted by atomic mass is 9.92. The van der Waals surface area contributed by atoms with Gasteiger partial charge in [-0.3, -0.25) is 9.59 Å². The van der Waals surface area contributed by atoms with E-state index < -0.39 is 17.4 Å². The van der Waals surface area contributed by atoms with E-state index in [1.54, 1.807) is 19.1 Å². The van der Waals surface area contributed by atoms with Crippen molar-refractivity contribution in [2.45, 2.75) is 38.6 Å². The Morgan fingerprint density at radius 1 is 1.30 bits per heavy atom. The third-order valence-electron chi connectivity index (χ3n) is 3.66. The lowest BCUT2D eigenvalue weighted by molar-refractivity contribution is -0.130. The SMILES string of the molecule is CCC(C)(N)C1=NC(=O)C(c2ccc(C)cc2)C(=O)N1. The second kappa shape index (κ2) is 5.17. The standard InChI is InChI=1S/C15H19N3O2/c1-4-15(3,16)14-17-12(19)11(13(20)18-14)10-7-5-9(2)6-8-10/h5-8,11H,4,16H2,1-3H3,(H,17,18,19,20). The highest BCUT2D eigenvalue weighted by molar-refractivity contribution is 6.20. The number of aliphatic imine (C=N–C) groups is 1. The maximum atomic E-state index is 12.2. The first-order chi connectivity index (χ1) is 9.35. The van der Waals surface area contributed by atoms with Crippen molar-refractivity contribution < 1.29 is 9.59 Å². The summed E-state index contributed by atoms with van der Waals surface area (Å²) >= 11 is 0. The highest BCUT2D eigenvalue weighted by Crippen LogP contribution is 2.22. The molecule has 5 nitrogen and oxygen atoms in total. The van der Waals surface area contributed by atoms with Crippen molar-refractivity contribution in [3.63, 3.8) is 0 Å². The van der Waals surface area contributed by atoms with Crippen LogP contribution in [0, 0.1) is 6.92 Å². The van der Waals surface area contributed by atoms with Crippen LogP contribution in [0.25, 0.3) is 0 Å². The van der Waals surface area contributed by atoms with Crippen LogP contribution < -0.4 is 11.1 Å². The average molecular weight is 273 g/mol. The van der Waals surface area contributed by atoms with Gasteiger partial charge in [-0.2, -0.15) is 4.99 Å². The van der Waals surface area contributed by atoms with Gasteiger partial charge in [0, 0.05) is 0 Å².